The first kappa shape index (κ1) is 53.1. The fraction of sp³-hybridized carbons (Fsp3) is 0.0149. The molecule has 0 spiro atoms. The Balaban J connectivity index is 0.000000117. The number of anilines is 1. The van der Waals surface area contributed by atoms with E-state index in [4.69, 9.17) is 50.5 Å². The Kier molecular flexibility index (Phi) is 15.8. The number of ether oxygens (including phenoxy) is 5. The first-order valence-corrected chi connectivity index (χ1v) is 26.0. The molecule has 0 saturated heterocycles. The van der Waals surface area contributed by atoms with Crippen LogP contribution in [0.2, 0.25) is 0 Å². The summed E-state index contributed by atoms with van der Waals surface area (Å²) in [5.74, 6) is 4.56. The van der Waals surface area contributed by atoms with E-state index in [0.717, 1.165) is 85.1 Å². The molecule has 10 aromatic rings. The average Bonchev–Trinajstić information content (AvgIpc) is 3.95. The molecule has 0 aliphatic carbocycles. The van der Waals surface area contributed by atoms with Gasteiger partial charge in [-0.1, -0.05) is 133 Å². The third-order valence-electron chi connectivity index (χ3n) is 12.9. The molecule has 4 heterocycles. The second-order valence-electron chi connectivity index (χ2n) is 18.2. The van der Waals surface area contributed by atoms with Crippen LogP contribution in [0.5, 0.6) is 46.0 Å². The molecule has 0 unspecified atom stereocenters. The van der Waals surface area contributed by atoms with E-state index in [-0.39, 0.29) is 11.9 Å². The number of hydrogen-bond acceptors (Lipinski definition) is 12. The Bertz CT molecular complexity index is 3980. The summed E-state index contributed by atoms with van der Waals surface area (Å²) >= 11 is 6.15. The number of hydroxylamine groups is 1. The second-order valence-corrected chi connectivity index (χ2v) is 18.5. The smallest absolute Gasteiger partial charge is 0.337 e. The van der Waals surface area contributed by atoms with Gasteiger partial charge in [-0.25, -0.2) is 25.3 Å². The molecule has 82 heavy (non-hydrogen) atoms. The van der Waals surface area contributed by atoms with Gasteiger partial charge in [0.05, 0.1) is 40.9 Å². The van der Waals surface area contributed by atoms with E-state index in [1.807, 2.05) is 194 Å². The lowest BCUT2D eigenvalue weighted by Gasteiger charge is -2.10. The van der Waals surface area contributed by atoms with Crippen molar-refractivity contribution in [1.82, 2.24) is 5.48 Å². The topological polar surface area (TPSA) is 179 Å². The minimum atomic E-state index is -0.552. The highest BCUT2D eigenvalue weighted by Gasteiger charge is 2.23. The van der Waals surface area contributed by atoms with Crippen molar-refractivity contribution in [2.45, 2.75) is 0 Å². The Hall–Kier alpha value is -10.9. The molecule has 15 heteroatoms. The van der Waals surface area contributed by atoms with E-state index in [9.17, 15) is 14.4 Å². The zero-order valence-corrected chi connectivity index (χ0v) is 44.3. The molecule has 14 nitrogen and oxygen atoms in total. The molecule has 10 aromatic carbocycles. The average molecular weight is 1100 g/mol. The summed E-state index contributed by atoms with van der Waals surface area (Å²) in [5.41, 5.74) is 11.9. The predicted octanol–water partition coefficient (Wildman–Crippen LogP) is 16.0. The van der Waals surface area contributed by atoms with Gasteiger partial charge in [0.1, 0.15) is 45.2 Å². The number of hydrogen-bond donors (Lipinski definition) is 3. The minimum Gasteiger partial charge on any atom is -0.465 e. The van der Waals surface area contributed by atoms with Crippen molar-refractivity contribution in [3.63, 3.8) is 0 Å². The molecule has 4 aliphatic rings. The van der Waals surface area contributed by atoms with Crippen molar-refractivity contribution in [3.8, 4) is 46.0 Å². The van der Waals surface area contributed by atoms with Crippen LogP contribution in [-0.2, 0) is 4.74 Å². The van der Waals surface area contributed by atoms with Gasteiger partial charge in [0.2, 0.25) is 0 Å². The van der Waals surface area contributed by atoms with Crippen molar-refractivity contribution < 1.29 is 43.3 Å². The van der Waals surface area contributed by atoms with Crippen LogP contribution in [0.1, 0.15) is 58.9 Å². The van der Waals surface area contributed by atoms with E-state index < -0.39 is 5.91 Å². The van der Waals surface area contributed by atoms with Crippen molar-refractivity contribution in [1.29, 1.82) is 0 Å². The summed E-state index contributed by atoms with van der Waals surface area (Å²) in [5, 5.41) is 12.0. The number of nitrogens with one attached hydrogen (secondary N) is 2. The normalized spacial score (nSPS) is 12.4. The quantitative estimate of drug-likeness (QED) is 0.0878. The maximum absolute atomic E-state index is 11.9. The van der Waals surface area contributed by atoms with E-state index in [2.05, 4.69) is 10.3 Å². The molecule has 0 atom stereocenters. The molecule has 0 fully saturated rings. The highest BCUT2D eigenvalue weighted by molar-refractivity contribution is 6.70. The van der Waals surface area contributed by atoms with Gasteiger partial charge in [0.15, 0.2) is 23.0 Å². The van der Waals surface area contributed by atoms with Gasteiger partial charge in [0, 0.05) is 27.8 Å². The zero-order valence-electron chi connectivity index (χ0n) is 43.5. The molecule has 4 aliphatic heterocycles. The van der Waals surface area contributed by atoms with Crippen LogP contribution >= 0.6 is 11.6 Å². The molecule has 0 radical (unpaired) electrons. The molecule has 0 bridgehead atoms. The predicted molar refractivity (Wildman–Crippen MR) is 316 cm³/mol. The third-order valence-corrected chi connectivity index (χ3v) is 13.2. The number of rotatable bonds is 4. The van der Waals surface area contributed by atoms with Crippen LogP contribution in [0.4, 0.5) is 22.7 Å². The second kappa shape index (κ2) is 24.4. The van der Waals surface area contributed by atoms with Gasteiger partial charge in [-0.2, -0.15) is 0 Å². The zero-order chi connectivity index (χ0) is 56.4. The van der Waals surface area contributed by atoms with Crippen LogP contribution in [0.3, 0.4) is 0 Å². The van der Waals surface area contributed by atoms with Gasteiger partial charge in [-0.15, -0.1) is 0 Å². The van der Waals surface area contributed by atoms with Gasteiger partial charge in [0.25, 0.3) is 11.8 Å². The number of halogens is 1. The number of fused-ring (bicyclic) bond motifs is 8. The lowest BCUT2D eigenvalue weighted by Crippen LogP contribution is -2.18. The number of benzene rings is 10. The Labute approximate surface area is 475 Å². The summed E-state index contributed by atoms with van der Waals surface area (Å²) in [4.78, 5) is 49.0. The number of amides is 2. The lowest BCUT2D eigenvalue weighted by atomic mass is 10.00. The van der Waals surface area contributed by atoms with E-state index in [0.29, 0.717) is 44.8 Å². The summed E-state index contributed by atoms with van der Waals surface area (Å²) < 4.78 is 28.3. The fourth-order valence-electron chi connectivity index (χ4n) is 8.90. The van der Waals surface area contributed by atoms with Crippen LogP contribution in [0, 0.1) is 0 Å². The minimum absolute atomic E-state index is 0.138. The number of carbonyl (C=O) groups excluding carboxylic acids is 3. The number of nitrogens with zero attached hydrogens (tertiary/aromatic N) is 3. The first-order valence-electron chi connectivity index (χ1n) is 25.6. The van der Waals surface area contributed by atoms with Crippen molar-refractivity contribution >= 4 is 68.7 Å². The van der Waals surface area contributed by atoms with Crippen molar-refractivity contribution in [2.75, 3.05) is 12.4 Å². The van der Waals surface area contributed by atoms with E-state index in [1.165, 1.54) is 7.11 Å². The molecular formula is C67H46ClN5O9. The summed E-state index contributed by atoms with van der Waals surface area (Å²) in [6.07, 6.45) is 0. The Morgan fingerprint density at radius 2 is 0.780 bits per heavy atom. The van der Waals surface area contributed by atoms with Crippen LogP contribution in [0.15, 0.2) is 258 Å². The maximum Gasteiger partial charge on any atom is 0.337 e. The van der Waals surface area contributed by atoms with Gasteiger partial charge in [-0.3, -0.25) is 14.8 Å². The molecule has 400 valence electrons. The number of methoxy groups -OCH3 is 1. The van der Waals surface area contributed by atoms with Crippen LogP contribution in [0.25, 0.3) is 0 Å². The lowest BCUT2D eigenvalue weighted by molar-refractivity contribution is 0.0600. The maximum atomic E-state index is 11.9. The molecule has 0 saturated carbocycles. The molecular weight excluding hydrogens is 1050 g/mol. The summed E-state index contributed by atoms with van der Waals surface area (Å²) in [7, 11) is 1.37. The van der Waals surface area contributed by atoms with Crippen LogP contribution in [-0.4, -0.2) is 46.7 Å². The first-order chi connectivity index (χ1) is 40.2. The number of para-hydroxylation sites is 12. The number of esters is 1. The molecule has 0 aromatic heterocycles. The van der Waals surface area contributed by atoms with Crippen LogP contribution < -0.4 is 29.7 Å². The molecule has 14 rings (SSSR count). The standard InChI is InChI=1S/C21H15NO3.C20H14N2O3.C13H8ClNO.C13H9NO2/c1-24-21(23)15-12-10-14(11-13-15)20-16-6-2-4-8-18(16)25-19-9-5-3-7-17(19)22-20;23-20(22-24)14-11-9-13(10-12-14)19-15-5-1-3-7-17(15)25-18-8-4-2-6-16(18)21-19;14-13-9-5-1-3-7-11(9)16-12-8-4-2-6-10(12)15-13;15-13-9-5-1-3-7-11(9)16-12-8-4-2-6-10(12)14-13/h2-13H,1H3;1-12,24H,(H,22,23);1-8H;1-8H,(H,14,15). The van der Waals surface area contributed by atoms with E-state index in [1.54, 1.807) is 54.0 Å². The van der Waals surface area contributed by atoms with Crippen molar-refractivity contribution in [3.05, 3.63) is 287 Å². The van der Waals surface area contributed by atoms with Crippen molar-refractivity contribution in [2.24, 2.45) is 15.0 Å². The highest BCUT2D eigenvalue weighted by atomic mass is 35.5. The summed E-state index contributed by atoms with van der Waals surface area (Å²) in [6, 6.07) is 74.7. The van der Waals surface area contributed by atoms with Gasteiger partial charge < -0.3 is 29.0 Å². The Morgan fingerprint density at radius 1 is 0.427 bits per heavy atom. The van der Waals surface area contributed by atoms with Gasteiger partial charge in [-0.05, 0) is 121 Å². The summed E-state index contributed by atoms with van der Waals surface area (Å²) in [6.45, 7) is 0. The number of aliphatic imine (C=N–C) groups is 3. The SMILES string of the molecule is COC(=O)c1ccc(C2=Nc3ccccc3Oc3ccccc32)cc1.ClC1=Nc2ccccc2Oc2ccccc21.O=C(NO)c1ccc(C2=Nc3ccccc3Oc3ccccc32)cc1.O=C1Nc2ccccc2Oc2ccccc21. The largest absolute Gasteiger partial charge is 0.465 e. The third kappa shape index (κ3) is 11.7. The fourth-order valence-corrected chi connectivity index (χ4v) is 9.14. The van der Waals surface area contributed by atoms with Gasteiger partial charge >= 0.3 is 5.97 Å². The number of carbonyl (C=O) groups is 3. The molecule has 3 N–H and O–H groups in total. The monoisotopic (exact) mass is 1100 g/mol. The highest BCUT2D eigenvalue weighted by Crippen LogP contribution is 2.42. The Morgan fingerprint density at radius 3 is 1.26 bits per heavy atom. The molecule has 2 amide bonds. The van der Waals surface area contributed by atoms with E-state index >= 15 is 0 Å².